The van der Waals surface area contributed by atoms with Crippen LogP contribution in [0, 0.1) is 23.7 Å². The number of rotatable bonds is 4. The molecule has 0 radical (unpaired) electrons. The van der Waals surface area contributed by atoms with Gasteiger partial charge in [-0.15, -0.1) is 12.3 Å². The van der Waals surface area contributed by atoms with Crippen LogP contribution in [0.4, 0.5) is 0 Å². The molecule has 92 valence electrons. The number of hydrogen-bond acceptors (Lipinski definition) is 2. The topological polar surface area (TPSA) is 33.0 Å². The highest BCUT2D eigenvalue weighted by molar-refractivity contribution is 5.64. The predicted molar refractivity (Wildman–Crippen MR) is 75.5 cm³/mol. The molecule has 2 aromatic rings. The van der Waals surface area contributed by atoms with Crippen LogP contribution in [0.5, 0.6) is 5.75 Å². The molecule has 0 bridgehead atoms. The largest absolute Gasteiger partial charge is 0.493 e. The summed E-state index contributed by atoms with van der Waals surface area (Å²) in [6, 6.07) is 17.4. The number of benzene rings is 2. The van der Waals surface area contributed by atoms with Crippen LogP contribution in [-0.4, -0.2) is 6.61 Å². The van der Waals surface area contributed by atoms with E-state index in [1.54, 1.807) is 0 Å². The number of terminal acetylenes is 1. The average Bonchev–Trinajstić information content (AvgIpc) is 2.48. The molecule has 0 aliphatic carbocycles. The molecule has 2 heteroatoms. The molecule has 0 fully saturated rings. The van der Waals surface area contributed by atoms with Gasteiger partial charge >= 0.3 is 0 Å². The highest BCUT2D eigenvalue weighted by Gasteiger charge is 1.99. The Labute approximate surface area is 113 Å². The molecule has 0 saturated carbocycles. The smallest absolute Gasteiger partial charge is 0.119 e. The van der Waals surface area contributed by atoms with Crippen molar-refractivity contribution in [2.24, 2.45) is 0 Å². The van der Waals surface area contributed by atoms with E-state index in [-0.39, 0.29) is 0 Å². The van der Waals surface area contributed by atoms with Crippen LogP contribution in [0.2, 0.25) is 0 Å². The van der Waals surface area contributed by atoms with Crippen molar-refractivity contribution in [1.29, 1.82) is 5.26 Å². The summed E-state index contributed by atoms with van der Waals surface area (Å²) in [6.07, 6.45) is 5.77. The summed E-state index contributed by atoms with van der Waals surface area (Å²) in [5, 5.41) is 8.76. The van der Waals surface area contributed by atoms with Crippen LogP contribution in [0.1, 0.15) is 12.0 Å². The maximum atomic E-state index is 8.76. The van der Waals surface area contributed by atoms with Gasteiger partial charge in [-0.05, 0) is 35.4 Å². The maximum Gasteiger partial charge on any atom is 0.119 e. The van der Waals surface area contributed by atoms with Gasteiger partial charge in [-0.25, -0.2) is 0 Å². The lowest BCUT2D eigenvalue weighted by Crippen LogP contribution is -1.95. The highest BCUT2D eigenvalue weighted by atomic mass is 16.5. The van der Waals surface area contributed by atoms with Crippen molar-refractivity contribution in [3.05, 3.63) is 54.1 Å². The summed E-state index contributed by atoms with van der Waals surface area (Å²) in [7, 11) is 0. The fraction of sp³-hybridized carbons (Fsp3) is 0.118. The second kappa shape index (κ2) is 6.28. The van der Waals surface area contributed by atoms with E-state index in [0.29, 0.717) is 18.6 Å². The fourth-order valence-electron chi connectivity index (χ4n) is 1.71. The monoisotopic (exact) mass is 247 g/mol. The van der Waals surface area contributed by atoms with Crippen LogP contribution in [0.3, 0.4) is 0 Å². The summed E-state index contributed by atoms with van der Waals surface area (Å²) in [5.74, 6) is 3.35. The van der Waals surface area contributed by atoms with E-state index in [0.717, 1.165) is 16.9 Å². The summed E-state index contributed by atoms with van der Waals surface area (Å²) in [6.45, 7) is 0.534. The first-order valence-electron chi connectivity index (χ1n) is 6.00. The maximum absolute atomic E-state index is 8.76. The quantitative estimate of drug-likeness (QED) is 0.610. The Kier molecular flexibility index (Phi) is 4.21. The number of hydrogen-bond donors (Lipinski definition) is 0. The summed E-state index contributed by atoms with van der Waals surface area (Å²) in [4.78, 5) is 0. The summed E-state index contributed by atoms with van der Waals surface area (Å²) >= 11 is 0. The van der Waals surface area contributed by atoms with E-state index in [4.69, 9.17) is 16.4 Å². The predicted octanol–water partition coefficient (Wildman–Crippen LogP) is 3.63. The lowest BCUT2D eigenvalue weighted by atomic mass is 10.0. The average molecular weight is 247 g/mol. The lowest BCUT2D eigenvalue weighted by Gasteiger charge is -2.06. The molecule has 0 aliphatic heterocycles. The SMILES string of the molecule is C#CCCOc1ccc(-c2ccc(C#N)cc2)cc1. The van der Waals surface area contributed by atoms with Gasteiger partial charge in [-0.3, -0.25) is 0 Å². The molecule has 0 spiro atoms. The first-order valence-corrected chi connectivity index (χ1v) is 6.00. The Bertz CT molecular complexity index is 612. The highest BCUT2D eigenvalue weighted by Crippen LogP contribution is 2.22. The van der Waals surface area contributed by atoms with Crippen LogP contribution in [0.15, 0.2) is 48.5 Å². The molecule has 0 N–H and O–H groups in total. The van der Waals surface area contributed by atoms with Gasteiger partial charge in [0.15, 0.2) is 0 Å². The zero-order valence-corrected chi connectivity index (χ0v) is 10.5. The van der Waals surface area contributed by atoms with Crippen molar-refractivity contribution in [3.8, 4) is 35.3 Å². The minimum atomic E-state index is 0.534. The Morgan fingerprint density at radius 3 is 2.05 bits per heavy atom. The van der Waals surface area contributed by atoms with Gasteiger partial charge in [0.1, 0.15) is 5.75 Å². The third kappa shape index (κ3) is 3.37. The molecule has 0 aromatic heterocycles. The minimum Gasteiger partial charge on any atom is -0.493 e. The zero-order valence-electron chi connectivity index (χ0n) is 10.5. The molecule has 0 atom stereocenters. The van der Waals surface area contributed by atoms with E-state index in [1.807, 2.05) is 48.5 Å². The molecule has 0 amide bonds. The third-order valence-corrected chi connectivity index (χ3v) is 2.72. The molecular weight excluding hydrogens is 234 g/mol. The van der Waals surface area contributed by atoms with Crippen LogP contribution in [-0.2, 0) is 0 Å². The van der Waals surface area contributed by atoms with Crippen molar-refractivity contribution in [2.75, 3.05) is 6.61 Å². The van der Waals surface area contributed by atoms with E-state index < -0.39 is 0 Å². The van der Waals surface area contributed by atoms with E-state index in [2.05, 4.69) is 12.0 Å². The van der Waals surface area contributed by atoms with Crippen LogP contribution < -0.4 is 4.74 Å². The number of ether oxygens (including phenoxy) is 1. The first kappa shape index (κ1) is 12.7. The second-order valence-corrected chi connectivity index (χ2v) is 4.02. The van der Waals surface area contributed by atoms with Crippen molar-refractivity contribution in [2.45, 2.75) is 6.42 Å². The minimum absolute atomic E-state index is 0.534. The van der Waals surface area contributed by atoms with Gasteiger partial charge in [-0.1, -0.05) is 24.3 Å². The molecule has 0 saturated heterocycles. The van der Waals surface area contributed by atoms with Gasteiger partial charge in [-0.2, -0.15) is 5.26 Å². The third-order valence-electron chi connectivity index (χ3n) is 2.72. The molecule has 0 heterocycles. The lowest BCUT2D eigenvalue weighted by molar-refractivity contribution is 0.327. The normalized spacial score (nSPS) is 9.37. The van der Waals surface area contributed by atoms with E-state index in [9.17, 15) is 0 Å². The van der Waals surface area contributed by atoms with Crippen LogP contribution in [0.25, 0.3) is 11.1 Å². The number of nitriles is 1. The molecule has 19 heavy (non-hydrogen) atoms. The first-order chi connectivity index (χ1) is 9.33. The van der Waals surface area contributed by atoms with Crippen molar-refractivity contribution >= 4 is 0 Å². The number of nitrogens with zero attached hydrogens (tertiary/aromatic N) is 1. The molecule has 2 rings (SSSR count). The molecule has 2 aromatic carbocycles. The van der Waals surface area contributed by atoms with Crippen molar-refractivity contribution in [1.82, 2.24) is 0 Å². The van der Waals surface area contributed by atoms with Gasteiger partial charge < -0.3 is 4.74 Å². The fourth-order valence-corrected chi connectivity index (χ4v) is 1.71. The Balaban J connectivity index is 2.09. The van der Waals surface area contributed by atoms with Crippen molar-refractivity contribution < 1.29 is 4.74 Å². The van der Waals surface area contributed by atoms with Gasteiger partial charge in [0.05, 0.1) is 18.2 Å². The van der Waals surface area contributed by atoms with E-state index >= 15 is 0 Å². The summed E-state index contributed by atoms with van der Waals surface area (Å²) in [5.41, 5.74) is 2.83. The second-order valence-electron chi connectivity index (χ2n) is 4.02. The molecule has 0 unspecified atom stereocenters. The standard InChI is InChI=1S/C17H13NO/c1-2-3-12-19-17-10-8-16(9-11-17)15-6-4-14(13-18)5-7-15/h1,4-11H,3,12H2. The Morgan fingerprint density at radius 2 is 1.53 bits per heavy atom. The zero-order chi connectivity index (χ0) is 13.5. The molecular formula is C17H13NO. The molecule has 2 nitrogen and oxygen atoms in total. The van der Waals surface area contributed by atoms with Gasteiger partial charge in [0.25, 0.3) is 0 Å². The summed E-state index contributed by atoms with van der Waals surface area (Å²) < 4.78 is 5.49. The Morgan fingerprint density at radius 1 is 0.947 bits per heavy atom. The van der Waals surface area contributed by atoms with Crippen molar-refractivity contribution in [3.63, 3.8) is 0 Å². The van der Waals surface area contributed by atoms with Crippen LogP contribution >= 0.6 is 0 Å². The van der Waals surface area contributed by atoms with E-state index in [1.165, 1.54) is 0 Å². The van der Waals surface area contributed by atoms with Gasteiger partial charge in [0, 0.05) is 6.42 Å². The Hall–Kier alpha value is -2.71. The molecule has 0 aliphatic rings. The van der Waals surface area contributed by atoms with Gasteiger partial charge in [0.2, 0.25) is 0 Å².